The molecule has 2 atom stereocenters. The lowest BCUT2D eigenvalue weighted by molar-refractivity contribution is -0.137. The van der Waals surface area contributed by atoms with Crippen molar-refractivity contribution in [2.75, 3.05) is 26.2 Å². The molecule has 30 heavy (non-hydrogen) atoms. The molecule has 0 saturated carbocycles. The van der Waals surface area contributed by atoms with Crippen molar-refractivity contribution in [2.45, 2.75) is 38.8 Å². The van der Waals surface area contributed by atoms with Crippen molar-refractivity contribution in [1.82, 2.24) is 29.5 Å². The van der Waals surface area contributed by atoms with Crippen molar-refractivity contribution in [3.8, 4) is 11.4 Å². The van der Waals surface area contributed by atoms with Crippen LogP contribution in [0.2, 0.25) is 0 Å². The molecule has 1 fully saturated rings. The molecule has 2 N–H and O–H groups in total. The molecule has 0 aromatic carbocycles. The normalized spacial score (nSPS) is 21.8. The third-order valence-electron chi connectivity index (χ3n) is 5.74. The molecule has 4 heterocycles. The van der Waals surface area contributed by atoms with E-state index in [4.69, 9.17) is 5.73 Å². The van der Waals surface area contributed by atoms with Gasteiger partial charge in [0.2, 0.25) is 11.8 Å². The van der Waals surface area contributed by atoms with Gasteiger partial charge in [-0.2, -0.15) is 5.10 Å². The van der Waals surface area contributed by atoms with E-state index in [0.717, 1.165) is 17.8 Å². The van der Waals surface area contributed by atoms with Crippen LogP contribution in [0.15, 0.2) is 24.5 Å². The number of pyridine rings is 1. The molecule has 10 heteroatoms. The number of nitrogens with zero attached hydrogens (tertiary/aromatic N) is 6. The maximum atomic E-state index is 13.2. The van der Waals surface area contributed by atoms with Crippen LogP contribution in [0, 0.1) is 5.92 Å². The van der Waals surface area contributed by atoms with Crippen LogP contribution in [0.1, 0.15) is 25.6 Å². The third-order valence-corrected chi connectivity index (χ3v) is 5.74. The largest absolute Gasteiger partial charge is 0.341 e. The predicted octanol–water partition coefficient (Wildman–Crippen LogP) is 0.732. The summed E-state index contributed by atoms with van der Waals surface area (Å²) in [7, 11) is 0. The lowest BCUT2D eigenvalue weighted by Gasteiger charge is -2.28. The summed E-state index contributed by atoms with van der Waals surface area (Å²) in [6.07, 6.45) is 5.60. The fraction of sp³-hybridized carbons (Fsp3) is 0.550. The summed E-state index contributed by atoms with van der Waals surface area (Å²) < 4.78 is 1.89. The third kappa shape index (κ3) is 4.79. The van der Waals surface area contributed by atoms with Gasteiger partial charge >= 0.3 is 0 Å². The Morgan fingerprint density at radius 1 is 1.13 bits per heavy atom. The number of amides is 2. The SMILES string of the molecule is CC(=O)N1C[C@@H](N)CC[C@@H](C(=O)N2CCc3nc(-c4cccnc4)nn3CC2)C1.Cl. The van der Waals surface area contributed by atoms with Gasteiger partial charge in [0, 0.05) is 63.5 Å². The number of hydrogen-bond acceptors (Lipinski definition) is 6. The molecule has 0 unspecified atom stereocenters. The Balaban J connectivity index is 0.00000256. The maximum Gasteiger partial charge on any atom is 0.227 e. The Labute approximate surface area is 182 Å². The average Bonchev–Trinajstić information content (AvgIpc) is 2.88. The topological polar surface area (TPSA) is 110 Å². The number of halogens is 1. The second-order valence-electron chi connectivity index (χ2n) is 7.85. The Hall–Kier alpha value is -2.52. The van der Waals surface area contributed by atoms with E-state index in [1.165, 1.54) is 6.92 Å². The van der Waals surface area contributed by atoms with Gasteiger partial charge in [-0.25, -0.2) is 9.67 Å². The molecular weight excluding hydrogens is 406 g/mol. The number of fused-ring (bicyclic) bond motifs is 1. The molecular formula is C20H28ClN7O2. The lowest BCUT2D eigenvalue weighted by atomic mass is 10.0. The van der Waals surface area contributed by atoms with Crippen LogP contribution in [0.25, 0.3) is 11.4 Å². The summed E-state index contributed by atoms with van der Waals surface area (Å²) in [6.45, 7) is 4.31. The van der Waals surface area contributed by atoms with Crippen LogP contribution in [0.4, 0.5) is 0 Å². The molecule has 2 aromatic heterocycles. The first kappa shape index (κ1) is 22.2. The highest BCUT2D eigenvalue weighted by Crippen LogP contribution is 2.21. The van der Waals surface area contributed by atoms with Gasteiger partial charge in [0.1, 0.15) is 5.82 Å². The highest BCUT2D eigenvalue weighted by atomic mass is 35.5. The summed E-state index contributed by atoms with van der Waals surface area (Å²) in [5.74, 6) is 1.43. The minimum atomic E-state index is -0.197. The number of hydrogen-bond donors (Lipinski definition) is 1. The highest BCUT2D eigenvalue weighted by molar-refractivity contribution is 5.85. The number of rotatable bonds is 2. The van der Waals surface area contributed by atoms with Crippen molar-refractivity contribution in [2.24, 2.45) is 11.7 Å². The molecule has 2 aliphatic rings. The molecule has 162 valence electrons. The molecule has 1 saturated heterocycles. The summed E-state index contributed by atoms with van der Waals surface area (Å²) in [5.41, 5.74) is 6.98. The number of nitrogens with two attached hydrogens (primary N) is 1. The number of carbonyl (C=O) groups is 2. The fourth-order valence-electron chi connectivity index (χ4n) is 4.08. The summed E-state index contributed by atoms with van der Waals surface area (Å²) in [6, 6.07) is 3.74. The van der Waals surface area contributed by atoms with Crippen molar-refractivity contribution in [3.63, 3.8) is 0 Å². The number of carbonyl (C=O) groups excluding carboxylic acids is 2. The van der Waals surface area contributed by atoms with Crippen molar-refractivity contribution < 1.29 is 9.59 Å². The number of likely N-dealkylation sites (tertiary alicyclic amines) is 1. The Morgan fingerprint density at radius 2 is 1.97 bits per heavy atom. The van der Waals surface area contributed by atoms with Crippen LogP contribution in [0.3, 0.4) is 0 Å². The van der Waals surface area contributed by atoms with Gasteiger partial charge in [-0.15, -0.1) is 12.4 Å². The standard InChI is InChI=1S/C20H27N7O2.ClH/c1-14(28)26-12-16(4-5-17(21)13-26)20(29)25-8-6-18-23-19(24-27(18)10-9-25)15-3-2-7-22-11-15;/h2-3,7,11,16-17H,4-6,8-10,12-13,21H2,1H3;1H/t16-,17+;/m1./s1. The first-order valence-electron chi connectivity index (χ1n) is 10.1. The van der Waals surface area contributed by atoms with Gasteiger partial charge in [-0.05, 0) is 25.0 Å². The molecule has 2 aromatic rings. The highest BCUT2D eigenvalue weighted by Gasteiger charge is 2.32. The van der Waals surface area contributed by atoms with Gasteiger partial charge in [0.15, 0.2) is 5.82 Å². The first-order valence-corrected chi connectivity index (χ1v) is 10.1. The second-order valence-corrected chi connectivity index (χ2v) is 7.85. The van der Waals surface area contributed by atoms with E-state index in [0.29, 0.717) is 51.4 Å². The van der Waals surface area contributed by atoms with Crippen LogP contribution in [-0.4, -0.2) is 73.6 Å². The van der Waals surface area contributed by atoms with Gasteiger partial charge < -0.3 is 15.5 Å². The predicted molar refractivity (Wildman–Crippen MR) is 114 cm³/mol. The van der Waals surface area contributed by atoms with Crippen LogP contribution in [0.5, 0.6) is 0 Å². The quantitative estimate of drug-likeness (QED) is 0.747. The van der Waals surface area contributed by atoms with E-state index >= 15 is 0 Å². The van der Waals surface area contributed by atoms with Crippen LogP contribution >= 0.6 is 12.4 Å². The Morgan fingerprint density at radius 3 is 2.70 bits per heavy atom. The molecule has 9 nitrogen and oxygen atoms in total. The Kier molecular flexibility index (Phi) is 7.04. The van der Waals surface area contributed by atoms with Crippen molar-refractivity contribution in [3.05, 3.63) is 30.4 Å². The van der Waals surface area contributed by atoms with E-state index in [2.05, 4.69) is 15.1 Å². The van der Waals surface area contributed by atoms with E-state index < -0.39 is 0 Å². The van der Waals surface area contributed by atoms with E-state index in [1.807, 2.05) is 21.7 Å². The zero-order valence-electron chi connectivity index (χ0n) is 17.1. The maximum absolute atomic E-state index is 13.2. The molecule has 0 bridgehead atoms. The first-order chi connectivity index (χ1) is 14.0. The minimum Gasteiger partial charge on any atom is -0.341 e. The summed E-state index contributed by atoms with van der Waals surface area (Å²) in [5, 5.41) is 4.61. The minimum absolute atomic E-state index is 0. The van der Waals surface area contributed by atoms with Crippen molar-refractivity contribution in [1.29, 1.82) is 0 Å². The van der Waals surface area contributed by atoms with Gasteiger partial charge in [-0.1, -0.05) is 0 Å². The molecule has 0 aliphatic carbocycles. The molecule has 2 aliphatic heterocycles. The molecule has 4 rings (SSSR count). The molecule has 0 radical (unpaired) electrons. The zero-order valence-corrected chi connectivity index (χ0v) is 17.9. The van der Waals surface area contributed by atoms with Gasteiger partial charge in [-0.3, -0.25) is 14.6 Å². The van der Waals surface area contributed by atoms with Crippen LogP contribution in [-0.2, 0) is 22.6 Å². The fourth-order valence-corrected chi connectivity index (χ4v) is 4.08. The summed E-state index contributed by atoms with van der Waals surface area (Å²) in [4.78, 5) is 37.4. The molecule has 0 spiro atoms. The van der Waals surface area contributed by atoms with E-state index in [-0.39, 0.29) is 36.2 Å². The Bertz CT molecular complexity index is 863. The lowest BCUT2D eigenvalue weighted by Crippen LogP contribution is -2.44. The van der Waals surface area contributed by atoms with Gasteiger partial charge in [0.25, 0.3) is 0 Å². The number of aromatic nitrogens is 4. The van der Waals surface area contributed by atoms with Gasteiger partial charge in [0.05, 0.1) is 12.5 Å². The average molecular weight is 434 g/mol. The summed E-state index contributed by atoms with van der Waals surface area (Å²) >= 11 is 0. The van der Waals surface area contributed by atoms with Crippen molar-refractivity contribution >= 4 is 24.2 Å². The molecule has 2 amide bonds. The monoisotopic (exact) mass is 433 g/mol. The second kappa shape index (κ2) is 9.53. The smallest absolute Gasteiger partial charge is 0.227 e. The van der Waals surface area contributed by atoms with E-state index in [1.54, 1.807) is 17.3 Å². The van der Waals surface area contributed by atoms with E-state index in [9.17, 15) is 9.59 Å². The van der Waals surface area contributed by atoms with Crippen LogP contribution < -0.4 is 5.73 Å². The zero-order chi connectivity index (χ0) is 20.4.